The molecule has 0 spiro atoms. The molecule has 0 bridgehead atoms. The third-order valence-corrected chi connectivity index (χ3v) is 3.48. The summed E-state index contributed by atoms with van der Waals surface area (Å²) >= 11 is 5.91. The lowest BCUT2D eigenvalue weighted by molar-refractivity contribution is 0.0570. The van der Waals surface area contributed by atoms with Crippen molar-refractivity contribution in [1.82, 2.24) is 9.80 Å². The molecule has 0 unspecified atom stereocenters. The summed E-state index contributed by atoms with van der Waals surface area (Å²) in [6.07, 6.45) is -0.336. The first-order valence-corrected chi connectivity index (χ1v) is 7.16. The van der Waals surface area contributed by atoms with Gasteiger partial charge in [0.05, 0.1) is 6.61 Å². The summed E-state index contributed by atoms with van der Waals surface area (Å²) in [5.41, 5.74) is 6.61. The molecule has 6 nitrogen and oxygen atoms in total. The van der Waals surface area contributed by atoms with Crippen LogP contribution in [0.15, 0.2) is 18.2 Å². The SMILES string of the molecule is CCOC(=O)N1CCN(C(=O)c2cc(N)cc(Cl)c2)CC1. The molecule has 21 heavy (non-hydrogen) atoms. The highest BCUT2D eigenvalue weighted by Gasteiger charge is 2.25. The molecule has 1 aliphatic heterocycles. The quantitative estimate of drug-likeness (QED) is 0.846. The van der Waals surface area contributed by atoms with E-state index in [0.717, 1.165) is 0 Å². The fourth-order valence-corrected chi connectivity index (χ4v) is 2.47. The number of hydrogen-bond donors (Lipinski definition) is 1. The largest absolute Gasteiger partial charge is 0.450 e. The topological polar surface area (TPSA) is 75.9 Å². The van der Waals surface area contributed by atoms with Gasteiger partial charge < -0.3 is 20.3 Å². The van der Waals surface area contributed by atoms with Gasteiger partial charge in [0.2, 0.25) is 0 Å². The average Bonchev–Trinajstić information content (AvgIpc) is 2.46. The van der Waals surface area contributed by atoms with Gasteiger partial charge in [-0.15, -0.1) is 0 Å². The standard InChI is InChI=1S/C14H18ClN3O3/c1-2-21-14(20)18-5-3-17(4-6-18)13(19)10-7-11(15)9-12(16)8-10/h7-9H,2-6,16H2,1H3. The van der Waals surface area contributed by atoms with E-state index < -0.39 is 0 Å². The normalized spacial score (nSPS) is 15.0. The number of anilines is 1. The molecular formula is C14H18ClN3O3. The van der Waals surface area contributed by atoms with Crippen LogP contribution in [0.25, 0.3) is 0 Å². The van der Waals surface area contributed by atoms with Crippen molar-refractivity contribution in [2.75, 3.05) is 38.5 Å². The maximum atomic E-state index is 12.4. The number of carbonyl (C=O) groups excluding carboxylic acids is 2. The number of amides is 2. The molecule has 2 rings (SSSR count). The van der Waals surface area contributed by atoms with Crippen molar-refractivity contribution in [3.05, 3.63) is 28.8 Å². The lowest BCUT2D eigenvalue weighted by Crippen LogP contribution is -2.50. The molecule has 0 atom stereocenters. The number of nitrogens with two attached hydrogens (primary N) is 1. The van der Waals surface area contributed by atoms with Gasteiger partial charge >= 0.3 is 6.09 Å². The minimum atomic E-state index is -0.336. The van der Waals surface area contributed by atoms with Gasteiger partial charge in [-0.3, -0.25) is 4.79 Å². The fraction of sp³-hybridized carbons (Fsp3) is 0.429. The summed E-state index contributed by atoms with van der Waals surface area (Å²) < 4.78 is 4.94. The van der Waals surface area contributed by atoms with Gasteiger partial charge in [0, 0.05) is 42.5 Å². The van der Waals surface area contributed by atoms with Crippen molar-refractivity contribution in [2.24, 2.45) is 0 Å². The molecule has 1 aliphatic rings. The van der Waals surface area contributed by atoms with Crippen LogP contribution in [0.1, 0.15) is 17.3 Å². The fourth-order valence-electron chi connectivity index (χ4n) is 2.23. The van der Waals surface area contributed by atoms with Gasteiger partial charge in [-0.1, -0.05) is 11.6 Å². The molecule has 1 heterocycles. The van der Waals surface area contributed by atoms with E-state index in [9.17, 15) is 9.59 Å². The van der Waals surface area contributed by atoms with E-state index in [1.165, 1.54) is 0 Å². The van der Waals surface area contributed by atoms with Crippen molar-refractivity contribution in [3.63, 3.8) is 0 Å². The number of hydrogen-bond acceptors (Lipinski definition) is 4. The van der Waals surface area contributed by atoms with Gasteiger partial charge in [0.15, 0.2) is 0 Å². The summed E-state index contributed by atoms with van der Waals surface area (Å²) in [7, 11) is 0. The van der Waals surface area contributed by atoms with Crippen LogP contribution in [0, 0.1) is 0 Å². The second kappa shape index (κ2) is 6.67. The van der Waals surface area contributed by atoms with Gasteiger partial charge in [-0.2, -0.15) is 0 Å². The molecule has 0 aliphatic carbocycles. The third-order valence-electron chi connectivity index (χ3n) is 3.26. The van der Waals surface area contributed by atoms with Crippen molar-refractivity contribution in [3.8, 4) is 0 Å². The van der Waals surface area contributed by atoms with E-state index in [0.29, 0.717) is 49.1 Å². The molecule has 1 saturated heterocycles. The van der Waals surface area contributed by atoms with E-state index in [-0.39, 0.29) is 12.0 Å². The monoisotopic (exact) mass is 311 g/mol. The number of rotatable bonds is 2. The van der Waals surface area contributed by atoms with Gasteiger partial charge in [-0.25, -0.2) is 4.79 Å². The van der Waals surface area contributed by atoms with Crippen LogP contribution in [-0.4, -0.2) is 54.6 Å². The van der Waals surface area contributed by atoms with Crippen LogP contribution >= 0.6 is 11.6 Å². The average molecular weight is 312 g/mol. The summed E-state index contributed by atoms with van der Waals surface area (Å²) in [6.45, 7) is 3.95. The van der Waals surface area contributed by atoms with Gasteiger partial charge in [0.25, 0.3) is 5.91 Å². The Kier molecular flexibility index (Phi) is 4.90. The van der Waals surface area contributed by atoms with E-state index in [2.05, 4.69) is 0 Å². The van der Waals surface area contributed by atoms with Crippen molar-refractivity contribution >= 4 is 29.3 Å². The first kappa shape index (κ1) is 15.4. The van der Waals surface area contributed by atoms with Crippen LogP contribution in [-0.2, 0) is 4.74 Å². The molecule has 2 amide bonds. The molecule has 1 aromatic carbocycles. The van der Waals surface area contributed by atoms with Crippen LogP contribution < -0.4 is 5.73 Å². The van der Waals surface area contributed by atoms with Gasteiger partial charge in [0.1, 0.15) is 0 Å². The highest BCUT2D eigenvalue weighted by atomic mass is 35.5. The Hall–Kier alpha value is -1.95. The molecule has 0 aromatic heterocycles. The maximum absolute atomic E-state index is 12.4. The summed E-state index contributed by atoms with van der Waals surface area (Å²) in [6, 6.07) is 4.79. The smallest absolute Gasteiger partial charge is 0.409 e. The Bertz CT molecular complexity index is 522. The number of halogens is 1. The van der Waals surface area contributed by atoms with Crippen LogP contribution in [0.2, 0.25) is 5.02 Å². The zero-order chi connectivity index (χ0) is 15.4. The first-order chi connectivity index (χ1) is 10.0. The molecule has 1 fully saturated rings. The van der Waals surface area contributed by atoms with Gasteiger partial charge in [-0.05, 0) is 25.1 Å². The zero-order valence-corrected chi connectivity index (χ0v) is 12.6. The highest BCUT2D eigenvalue weighted by molar-refractivity contribution is 6.31. The molecule has 1 aromatic rings. The lowest BCUT2D eigenvalue weighted by atomic mass is 10.1. The number of benzene rings is 1. The summed E-state index contributed by atoms with van der Waals surface area (Å²) in [4.78, 5) is 27.3. The van der Waals surface area contributed by atoms with Crippen LogP contribution in [0.5, 0.6) is 0 Å². The minimum absolute atomic E-state index is 0.132. The molecule has 0 saturated carbocycles. The third kappa shape index (κ3) is 3.78. The lowest BCUT2D eigenvalue weighted by Gasteiger charge is -2.34. The Morgan fingerprint density at radius 1 is 1.19 bits per heavy atom. The van der Waals surface area contributed by atoms with E-state index >= 15 is 0 Å². The second-order valence-corrected chi connectivity index (χ2v) is 5.19. The van der Waals surface area contributed by atoms with Crippen LogP contribution in [0.4, 0.5) is 10.5 Å². The molecule has 114 valence electrons. The number of nitrogens with zero attached hydrogens (tertiary/aromatic N) is 2. The zero-order valence-electron chi connectivity index (χ0n) is 11.8. The molecule has 0 radical (unpaired) electrons. The molecule has 7 heteroatoms. The number of carbonyl (C=O) groups is 2. The summed E-state index contributed by atoms with van der Waals surface area (Å²) in [5, 5.41) is 0.434. The van der Waals surface area contributed by atoms with Crippen LogP contribution in [0.3, 0.4) is 0 Å². The second-order valence-electron chi connectivity index (χ2n) is 4.75. The summed E-state index contributed by atoms with van der Waals surface area (Å²) in [5.74, 6) is -0.132. The van der Waals surface area contributed by atoms with E-state index in [1.807, 2.05) is 0 Å². The Morgan fingerprint density at radius 3 is 2.38 bits per heavy atom. The number of piperazine rings is 1. The molecular weight excluding hydrogens is 294 g/mol. The van der Waals surface area contributed by atoms with Crippen molar-refractivity contribution in [2.45, 2.75) is 6.92 Å². The predicted octanol–water partition coefficient (Wildman–Crippen LogP) is 1.84. The predicted molar refractivity (Wildman–Crippen MR) is 80.4 cm³/mol. The van der Waals surface area contributed by atoms with E-state index in [4.69, 9.17) is 22.1 Å². The number of nitrogen functional groups attached to an aromatic ring is 1. The maximum Gasteiger partial charge on any atom is 0.409 e. The van der Waals surface area contributed by atoms with Crippen molar-refractivity contribution < 1.29 is 14.3 Å². The van der Waals surface area contributed by atoms with Crippen molar-refractivity contribution in [1.29, 1.82) is 0 Å². The highest BCUT2D eigenvalue weighted by Crippen LogP contribution is 2.18. The Morgan fingerprint density at radius 2 is 1.81 bits per heavy atom. The minimum Gasteiger partial charge on any atom is -0.450 e. The number of ether oxygens (including phenoxy) is 1. The first-order valence-electron chi connectivity index (χ1n) is 6.78. The Labute approximate surface area is 128 Å². The Balaban J connectivity index is 1.98. The molecule has 2 N–H and O–H groups in total. The van der Waals surface area contributed by atoms with E-state index in [1.54, 1.807) is 34.9 Å².